The zero-order chi connectivity index (χ0) is 15.9. The van der Waals surface area contributed by atoms with Crippen molar-refractivity contribution < 1.29 is 4.39 Å². The van der Waals surface area contributed by atoms with Crippen LogP contribution in [0.3, 0.4) is 0 Å². The van der Waals surface area contributed by atoms with Crippen molar-refractivity contribution in [2.24, 2.45) is 0 Å². The van der Waals surface area contributed by atoms with E-state index in [0.29, 0.717) is 22.0 Å². The van der Waals surface area contributed by atoms with Crippen molar-refractivity contribution in [2.75, 3.05) is 0 Å². The zero-order valence-corrected chi connectivity index (χ0v) is 15.2. The molecule has 0 amide bonds. The normalized spacial score (nSPS) is 13.1. The highest BCUT2D eigenvalue weighted by molar-refractivity contribution is 6.82. The number of hydrogen-bond acceptors (Lipinski definition) is 1. The van der Waals surface area contributed by atoms with E-state index in [9.17, 15) is 4.39 Å². The Morgan fingerprint density at radius 2 is 1.57 bits per heavy atom. The van der Waals surface area contributed by atoms with E-state index in [4.69, 9.17) is 0 Å². The van der Waals surface area contributed by atoms with Crippen molar-refractivity contribution in [3.8, 4) is 0 Å². The molecule has 0 saturated heterocycles. The molecule has 116 valence electrons. The van der Waals surface area contributed by atoms with Crippen molar-refractivity contribution in [1.82, 2.24) is 9.22 Å². The topological polar surface area (TPSA) is 17.8 Å². The van der Waals surface area contributed by atoms with Gasteiger partial charge < -0.3 is 4.23 Å². The standard InChI is InChI=1S/C17H27FN2Si/c1-11(2)21(12(3)4,13(5)6)20-14(7)16(18)15-9-8-10-19-17(15)20/h8-13H,1-7H3. The summed E-state index contributed by atoms with van der Waals surface area (Å²) in [6.07, 6.45) is 1.78. The number of aromatic nitrogens is 2. The average Bonchev–Trinajstić information content (AvgIpc) is 2.64. The summed E-state index contributed by atoms with van der Waals surface area (Å²) < 4.78 is 17.0. The zero-order valence-electron chi connectivity index (χ0n) is 14.2. The molecule has 0 saturated carbocycles. The van der Waals surface area contributed by atoms with Crippen LogP contribution in [0.25, 0.3) is 11.0 Å². The van der Waals surface area contributed by atoms with Crippen molar-refractivity contribution in [3.63, 3.8) is 0 Å². The molecule has 2 nitrogen and oxygen atoms in total. The summed E-state index contributed by atoms with van der Waals surface area (Å²) in [4.78, 5) is 4.53. The van der Waals surface area contributed by atoms with Gasteiger partial charge >= 0.3 is 0 Å². The molecule has 0 radical (unpaired) electrons. The van der Waals surface area contributed by atoms with E-state index in [1.807, 2.05) is 19.1 Å². The first-order chi connectivity index (χ1) is 9.76. The van der Waals surface area contributed by atoms with Crippen LogP contribution in [0.15, 0.2) is 18.3 Å². The van der Waals surface area contributed by atoms with Gasteiger partial charge in [-0.2, -0.15) is 0 Å². The Balaban J connectivity index is 2.93. The lowest BCUT2D eigenvalue weighted by Crippen LogP contribution is -2.52. The third kappa shape index (κ3) is 2.15. The summed E-state index contributed by atoms with van der Waals surface area (Å²) in [5.74, 6) is -0.100. The molecule has 2 rings (SSSR count). The molecule has 0 atom stereocenters. The fraction of sp³-hybridized carbons (Fsp3) is 0.588. The third-order valence-electron chi connectivity index (χ3n) is 5.05. The predicted molar refractivity (Wildman–Crippen MR) is 90.9 cm³/mol. The summed E-state index contributed by atoms with van der Waals surface area (Å²) in [6, 6.07) is 3.67. The van der Waals surface area contributed by atoms with E-state index in [1.165, 1.54) is 0 Å². The molecule has 2 aromatic rings. The monoisotopic (exact) mass is 306 g/mol. The van der Waals surface area contributed by atoms with Gasteiger partial charge in [-0.1, -0.05) is 41.5 Å². The number of rotatable bonds is 4. The minimum absolute atomic E-state index is 0.100. The first-order valence-electron chi connectivity index (χ1n) is 7.88. The van der Waals surface area contributed by atoms with Gasteiger partial charge in [0.1, 0.15) is 5.65 Å². The number of nitrogens with zero attached hydrogens (tertiary/aromatic N) is 2. The minimum atomic E-state index is -1.98. The molecule has 0 N–H and O–H groups in total. The van der Waals surface area contributed by atoms with Crippen LogP contribution in [0.2, 0.25) is 16.6 Å². The van der Waals surface area contributed by atoms with E-state index >= 15 is 0 Å². The highest BCUT2D eigenvalue weighted by Gasteiger charge is 2.47. The van der Waals surface area contributed by atoms with Gasteiger partial charge in [-0.15, -0.1) is 0 Å². The highest BCUT2D eigenvalue weighted by atomic mass is 28.3. The van der Waals surface area contributed by atoms with E-state index in [1.54, 1.807) is 6.20 Å². The van der Waals surface area contributed by atoms with Crippen LogP contribution in [0, 0.1) is 12.7 Å². The van der Waals surface area contributed by atoms with Gasteiger partial charge in [-0.3, -0.25) is 0 Å². The van der Waals surface area contributed by atoms with Gasteiger partial charge in [0, 0.05) is 11.9 Å². The minimum Gasteiger partial charge on any atom is -0.354 e. The smallest absolute Gasteiger partial charge is 0.171 e. The van der Waals surface area contributed by atoms with Crippen LogP contribution in [-0.4, -0.2) is 17.5 Å². The van der Waals surface area contributed by atoms with E-state index in [0.717, 1.165) is 11.3 Å². The average molecular weight is 307 g/mol. The molecule has 0 aliphatic rings. The number of fused-ring (bicyclic) bond motifs is 1. The quantitative estimate of drug-likeness (QED) is 0.681. The van der Waals surface area contributed by atoms with Crippen molar-refractivity contribution >= 4 is 19.3 Å². The summed E-state index contributed by atoms with van der Waals surface area (Å²) in [5.41, 5.74) is 3.15. The third-order valence-corrected chi connectivity index (χ3v) is 11.9. The molecule has 0 aliphatic heterocycles. The molecule has 0 aliphatic carbocycles. The Kier molecular flexibility index (Phi) is 4.29. The molecule has 2 aromatic heterocycles. The molecule has 0 fully saturated rings. The first-order valence-corrected chi connectivity index (χ1v) is 10.1. The highest BCUT2D eigenvalue weighted by Crippen LogP contribution is 2.45. The van der Waals surface area contributed by atoms with Crippen LogP contribution in [0.4, 0.5) is 4.39 Å². The Bertz CT molecular complexity index is 622. The SMILES string of the molecule is Cc1c(F)c2cccnc2n1[Si](C(C)C)(C(C)C)C(C)C. The van der Waals surface area contributed by atoms with Crippen LogP contribution >= 0.6 is 0 Å². The summed E-state index contributed by atoms with van der Waals surface area (Å²) in [7, 11) is -1.98. The molecule has 0 spiro atoms. The van der Waals surface area contributed by atoms with E-state index in [2.05, 4.69) is 50.8 Å². The van der Waals surface area contributed by atoms with Crippen molar-refractivity contribution in [3.05, 3.63) is 29.8 Å². The largest absolute Gasteiger partial charge is 0.354 e. The Hall–Kier alpha value is -1.16. The van der Waals surface area contributed by atoms with Crippen LogP contribution in [0.5, 0.6) is 0 Å². The Morgan fingerprint density at radius 1 is 1.05 bits per heavy atom. The second kappa shape index (κ2) is 5.56. The first kappa shape index (κ1) is 16.2. The second-order valence-corrected chi connectivity index (χ2v) is 12.6. The van der Waals surface area contributed by atoms with E-state index < -0.39 is 8.24 Å². The number of halogens is 1. The van der Waals surface area contributed by atoms with E-state index in [-0.39, 0.29) is 5.82 Å². The maximum absolute atomic E-state index is 14.7. The van der Waals surface area contributed by atoms with Gasteiger partial charge in [0.15, 0.2) is 14.1 Å². The molecule has 0 unspecified atom stereocenters. The van der Waals surface area contributed by atoms with Crippen molar-refractivity contribution in [1.29, 1.82) is 0 Å². The van der Waals surface area contributed by atoms with Gasteiger partial charge in [-0.25, -0.2) is 9.37 Å². The molecule has 2 heterocycles. The lowest BCUT2D eigenvalue weighted by molar-refractivity contribution is 0.622. The predicted octanol–water partition coefficient (Wildman–Crippen LogP) is 5.51. The Morgan fingerprint density at radius 3 is 2.05 bits per heavy atom. The summed E-state index contributed by atoms with van der Waals surface area (Å²) in [5, 5.41) is 0.661. The Labute approximate surface area is 128 Å². The van der Waals surface area contributed by atoms with Crippen LogP contribution in [0.1, 0.15) is 47.2 Å². The maximum Gasteiger partial charge on any atom is 0.171 e. The number of pyridine rings is 1. The molecule has 0 bridgehead atoms. The molecular weight excluding hydrogens is 279 g/mol. The van der Waals surface area contributed by atoms with Gasteiger partial charge in [0.25, 0.3) is 0 Å². The van der Waals surface area contributed by atoms with Gasteiger partial charge in [-0.05, 0) is 35.7 Å². The molecule has 4 heteroatoms. The van der Waals surface area contributed by atoms with Crippen molar-refractivity contribution in [2.45, 2.75) is 65.1 Å². The van der Waals surface area contributed by atoms with Crippen LogP contribution < -0.4 is 0 Å². The lowest BCUT2D eigenvalue weighted by atomic mass is 10.3. The number of hydrogen-bond donors (Lipinski definition) is 0. The molecule has 0 aromatic carbocycles. The lowest BCUT2D eigenvalue weighted by Gasteiger charge is -2.45. The van der Waals surface area contributed by atoms with Gasteiger partial charge in [0.2, 0.25) is 0 Å². The fourth-order valence-corrected chi connectivity index (χ4v) is 11.2. The second-order valence-electron chi connectivity index (χ2n) is 6.96. The molecule has 21 heavy (non-hydrogen) atoms. The van der Waals surface area contributed by atoms with Gasteiger partial charge in [0.05, 0.1) is 5.39 Å². The molecular formula is C17H27FN2Si. The fourth-order valence-electron chi connectivity index (χ4n) is 4.45. The summed E-state index contributed by atoms with van der Waals surface area (Å²) >= 11 is 0. The van der Waals surface area contributed by atoms with Crippen LogP contribution in [-0.2, 0) is 0 Å². The summed E-state index contributed by atoms with van der Waals surface area (Å²) in [6.45, 7) is 15.6. The maximum atomic E-state index is 14.7.